The van der Waals surface area contributed by atoms with Gasteiger partial charge in [-0.15, -0.1) is 0 Å². The van der Waals surface area contributed by atoms with Crippen molar-refractivity contribution in [2.75, 3.05) is 7.05 Å². The second kappa shape index (κ2) is 4.65. The van der Waals surface area contributed by atoms with Gasteiger partial charge in [0.2, 0.25) is 0 Å². The Morgan fingerprint density at radius 2 is 1.94 bits per heavy atom. The van der Waals surface area contributed by atoms with Gasteiger partial charge in [0.25, 0.3) is 0 Å². The summed E-state index contributed by atoms with van der Waals surface area (Å²) in [6.45, 7) is 0. The fraction of sp³-hybridized carbons (Fsp3) is 0.188. The van der Waals surface area contributed by atoms with Crippen LogP contribution in [0.25, 0.3) is 5.70 Å². The Morgan fingerprint density at radius 1 is 1.11 bits per heavy atom. The van der Waals surface area contributed by atoms with E-state index >= 15 is 0 Å². The highest BCUT2D eigenvalue weighted by Gasteiger charge is 2.24. The molecule has 2 aromatic rings. The SMILES string of the molecule is CN1C(c2ccccc2)=CCC1c1cccnc1. The van der Waals surface area contributed by atoms with Crippen LogP contribution in [0.4, 0.5) is 0 Å². The molecule has 0 aliphatic carbocycles. The summed E-state index contributed by atoms with van der Waals surface area (Å²) in [5.41, 5.74) is 3.87. The van der Waals surface area contributed by atoms with Crippen molar-refractivity contribution in [2.45, 2.75) is 12.5 Å². The molecule has 0 bridgehead atoms. The average Bonchev–Trinajstić information content (AvgIpc) is 2.83. The molecule has 1 aromatic heterocycles. The molecular formula is C16H16N2. The number of hydrogen-bond donors (Lipinski definition) is 0. The van der Waals surface area contributed by atoms with Gasteiger partial charge in [-0.05, 0) is 23.6 Å². The normalized spacial score (nSPS) is 18.8. The molecule has 0 saturated carbocycles. The lowest BCUT2D eigenvalue weighted by Gasteiger charge is -2.25. The molecule has 0 saturated heterocycles. The maximum atomic E-state index is 4.21. The zero-order valence-electron chi connectivity index (χ0n) is 10.5. The van der Waals surface area contributed by atoms with Gasteiger partial charge in [0.05, 0.1) is 6.04 Å². The Bertz CT molecular complexity index is 546. The van der Waals surface area contributed by atoms with Gasteiger partial charge in [0.1, 0.15) is 0 Å². The number of nitrogens with zero attached hydrogens (tertiary/aromatic N) is 2. The molecule has 90 valence electrons. The van der Waals surface area contributed by atoms with Gasteiger partial charge in [-0.3, -0.25) is 4.98 Å². The van der Waals surface area contributed by atoms with Crippen molar-refractivity contribution < 1.29 is 0 Å². The Morgan fingerprint density at radius 3 is 2.67 bits per heavy atom. The van der Waals surface area contributed by atoms with E-state index in [2.05, 4.69) is 59.4 Å². The van der Waals surface area contributed by atoms with Gasteiger partial charge < -0.3 is 4.90 Å². The van der Waals surface area contributed by atoms with Crippen LogP contribution >= 0.6 is 0 Å². The average molecular weight is 236 g/mol. The summed E-state index contributed by atoms with van der Waals surface area (Å²) in [7, 11) is 2.16. The van der Waals surface area contributed by atoms with Crippen LogP contribution in [0.2, 0.25) is 0 Å². The van der Waals surface area contributed by atoms with Gasteiger partial charge in [-0.25, -0.2) is 0 Å². The van der Waals surface area contributed by atoms with Crippen molar-refractivity contribution in [3.63, 3.8) is 0 Å². The van der Waals surface area contributed by atoms with E-state index < -0.39 is 0 Å². The summed E-state index contributed by atoms with van der Waals surface area (Å²) in [4.78, 5) is 6.55. The molecule has 1 aliphatic heterocycles. The van der Waals surface area contributed by atoms with E-state index in [-0.39, 0.29) is 0 Å². The molecule has 0 fully saturated rings. The van der Waals surface area contributed by atoms with Crippen molar-refractivity contribution in [3.8, 4) is 0 Å². The van der Waals surface area contributed by atoms with Crippen LogP contribution in [0.1, 0.15) is 23.6 Å². The molecule has 1 aromatic carbocycles. The lowest BCUT2D eigenvalue weighted by molar-refractivity contribution is 0.383. The van der Waals surface area contributed by atoms with Crippen LogP contribution in [0.5, 0.6) is 0 Å². The van der Waals surface area contributed by atoms with Crippen LogP contribution in [0.3, 0.4) is 0 Å². The fourth-order valence-electron chi connectivity index (χ4n) is 2.56. The zero-order valence-corrected chi connectivity index (χ0v) is 10.5. The Kier molecular flexibility index (Phi) is 2.85. The molecule has 0 spiro atoms. The highest BCUT2D eigenvalue weighted by Crippen LogP contribution is 2.36. The maximum Gasteiger partial charge on any atom is 0.0589 e. The molecule has 2 nitrogen and oxygen atoms in total. The van der Waals surface area contributed by atoms with E-state index in [0.717, 1.165) is 6.42 Å². The van der Waals surface area contributed by atoms with Gasteiger partial charge in [-0.2, -0.15) is 0 Å². The number of rotatable bonds is 2. The number of benzene rings is 1. The van der Waals surface area contributed by atoms with Crippen molar-refractivity contribution in [1.82, 2.24) is 9.88 Å². The largest absolute Gasteiger partial charge is 0.367 e. The van der Waals surface area contributed by atoms with Crippen LogP contribution in [-0.4, -0.2) is 16.9 Å². The van der Waals surface area contributed by atoms with Crippen molar-refractivity contribution in [3.05, 3.63) is 72.1 Å². The van der Waals surface area contributed by atoms with E-state index in [1.807, 2.05) is 18.5 Å². The van der Waals surface area contributed by atoms with Gasteiger partial charge in [0.15, 0.2) is 0 Å². The van der Waals surface area contributed by atoms with E-state index in [4.69, 9.17) is 0 Å². The highest BCUT2D eigenvalue weighted by molar-refractivity contribution is 5.66. The Labute approximate surface area is 108 Å². The first-order chi connectivity index (χ1) is 8.86. The highest BCUT2D eigenvalue weighted by atomic mass is 15.2. The molecule has 2 heterocycles. The smallest absolute Gasteiger partial charge is 0.0589 e. The van der Waals surface area contributed by atoms with E-state index in [1.165, 1.54) is 16.8 Å². The fourth-order valence-corrected chi connectivity index (χ4v) is 2.56. The summed E-state index contributed by atoms with van der Waals surface area (Å²) in [5, 5.41) is 0. The van der Waals surface area contributed by atoms with Crippen LogP contribution in [0.15, 0.2) is 60.9 Å². The first kappa shape index (κ1) is 11.0. The van der Waals surface area contributed by atoms with E-state index in [9.17, 15) is 0 Å². The summed E-state index contributed by atoms with van der Waals surface area (Å²) in [5.74, 6) is 0. The number of pyridine rings is 1. The lowest BCUT2D eigenvalue weighted by Crippen LogP contribution is -2.18. The minimum atomic E-state index is 0.411. The van der Waals surface area contributed by atoms with Crippen LogP contribution < -0.4 is 0 Å². The Balaban J connectivity index is 1.87. The monoisotopic (exact) mass is 236 g/mol. The molecule has 1 aliphatic rings. The molecule has 18 heavy (non-hydrogen) atoms. The van der Waals surface area contributed by atoms with Gasteiger partial charge in [0, 0.05) is 25.1 Å². The molecule has 3 rings (SSSR count). The molecule has 0 N–H and O–H groups in total. The molecule has 0 radical (unpaired) electrons. The molecule has 0 amide bonds. The van der Waals surface area contributed by atoms with Gasteiger partial charge in [-0.1, -0.05) is 42.5 Å². The first-order valence-corrected chi connectivity index (χ1v) is 6.24. The lowest BCUT2D eigenvalue weighted by atomic mass is 10.1. The first-order valence-electron chi connectivity index (χ1n) is 6.24. The summed E-state index contributed by atoms with van der Waals surface area (Å²) in [6, 6.07) is 15.1. The van der Waals surface area contributed by atoms with Gasteiger partial charge >= 0.3 is 0 Å². The summed E-state index contributed by atoms with van der Waals surface area (Å²) < 4.78 is 0. The predicted octanol–water partition coefficient (Wildman–Crippen LogP) is 3.50. The standard InChI is InChI=1S/C16H16N2/c1-18-15(13-6-3-2-4-7-13)9-10-16(18)14-8-5-11-17-12-14/h2-9,11-12,16H,10H2,1H3. The molecular weight excluding hydrogens is 220 g/mol. The number of aromatic nitrogens is 1. The van der Waals surface area contributed by atoms with Crippen molar-refractivity contribution >= 4 is 5.70 Å². The third-order valence-corrected chi connectivity index (χ3v) is 3.52. The Hall–Kier alpha value is -2.09. The predicted molar refractivity (Wildman–Crippen MR) is 73.8 cm³/mol. The van der Waals surface area contributed by atoms with Crippen molar-refractivity contribution in [1.29, 1.82) is 0 Å². The third kappa shape index (κ3) is 1.90. The van der Waals surface area contributed by atoms with E-state index in [0.29, 0.717) is 6.04 Å². The minimum absolute atomic E-state index is 0.411. The second-order valence-corrected chi connectivity index (χ2v) is 4.60. The third-order valence-electron chi connectivity index (χ3n) is 3.52. The molecule has 2 heteroatoms. The second-order valence-electron chi connectivity index (χ2n) is 4.60. The van der Waals surface area contributed by atoms with E-state index in [1.54, 1.807) is 0 Å². The van der Waals surface area contributed by atoms with Crippen molar-refractivity contribution in [2.24, 2.45) is 0 Å². The molecule has 1 unspecified atom stereocenters. The zero-order chi connectivity index (χ0) is 12.4. The summed E-state index contributed by atoms with van der Waals surface area (Å²) in [6.07, 6.45) is 7.15. The van der Waals surface area contributed by atoms with Crippen LogP contribution in [-0.2, 0) is 0 Å². The summed E-state index contributed by atoms with van der Waals surface area (Å²) >= 11 is 0. The molecule has 1 atom stereocenters. The number of hydrogen-bond acceptors (Lipinski definition) is 2. The topological polar surface area (TPSA) is 16.1 Å². The van der Waals surface area contributed by atoms with Crippen LogP contribution in [0, 0.1) is 0 Å². The minimum Gasteiger partial charge on any atom is -0.367 e. The maximum absolute atomic E-state index is 4.21. The quantitative estimate of drug-likeness (QED) is 0.793.